The van der Waals surface area contributed by atoms with E-state index in [0.717, 1.165) is 0 Å². The second kappa shape index (κ2) is 6.89. The lowest BCUT2D eigenvalue weighted by Gasteiger charge is -2.13. The van der Waals surface area contributed by atoms with Gasteiger partial charge in [0.1, 0.15) is 10.6 Å². The van der Waals surface area contributed by atoms with Crippen molar-refractivity contribution in [2.24, 2.45) is 0 Å². The SMILES string of the molecule is COc1ccc(Cl)cc1S(=O)(=O)Oc1ccccc1NC(C)=O. The highest BCUT2D eigenvalue weighted by molar-refractivity contribution is 7.87. The molecule has 0 fully saturated rings. The fourth-order valence-corrected chi connectivity index (χ4v) is 3.22. The number of carbonyl (C=O) groups excluding carboxylic acids is 1. The molecule has 0 aliphatic carbocycles. The van der Waals surface area contributed by atoms with Gasteiger partial charge in [0, 0.05) is 11.9 Å². The maximum atomic E-state index is 12.5. The maximum Gasteiger partial charge on any atom is 0.343 e. The third kappa shape index (κ3) is 4.14. The molecule has 2 aromatic rings. The Morgan fingerprint density at radius 1 is 1.13 bits per heavy atom. The lowest BCUT2D eigenvalue weighted by Crippen LogP contribution is -2.14. The molecule has 23 heavy (non-hydrogen) atoms. The number of nitrogens with one attached hydrogen (secondary N) is 1. The van der Waals surface area contributed by atoms with Gasteiger partial charge in [-0.15, -0.1) is 0 Å². The molecule has 0 saturated heterocycles. The summed E-state index contributed by atoms with van der Waals surface area (Å²) < 4.78 is 35.2. The van der Waals surface area contributed by atoms with Crippen LogP contribution in [0.25, 0.3) is 0 Å². The molecule has 0 bridgehead atoms. The monoisotopic (exact) mass is 355 g/mol. The molecule has 0 saturated carbocycles. The lowest BCUT2D eigenvalue weighted by atomic mass is 10.3. The first-order valence-corrected chi connectivity index (χ1v) is 8.27. The summed E-state index contributed by atoms with van der Waals surface area (Å²) in [5, 5.41) is 2.73. The van der Waals surface area contributed by atoms with Crippen molar-refractivity contribution >= 4 is 33.3 Å². The highest BCUT2D eigenvalue weighted by atomic mass is 35.5. The lowest BCUT2D eigenvalue weighted by molar-refractivity contribution is -0.114. The highest BCUT2D eigenvalue weighted by Gasteiger charge is 2.23. The van der Waals surface area contributed by atoms with Gasteiger partial charge in [-0.25, -0.2) is 0 Å². The molecule has 0 aliphatic rings. The smallest absolute Gasteiger partial charge is 0.343 e. The molecule has 0 unspecified atom stereocenters. The molecule has 0 atom stereocenters. The zero-order chi connectivity index (χ0) is 17.0. The van der Waals surface area contributed by atoms with Crippen molar-refractivity contribution in [3.63, 3.8) is 0 Å². The molecule has 2 rings (SSSR count). The molecule has 0 heterocycles. The minimum absolute atomic E-state index is 0.00951. The van der Waals surface area contributed by atoms with Crippen LogP contribution in [-0.4, -0.2) is 21.4 Å². The van der Waals surface area contributed by atoms with Gasteiger partial charge in [0.05, 0.1) is 12.8 Å². The molecule has 1 N–H and O–H groups in total. The summed E-state index contributed by atoms with van der Waals surface area (Å²) in [5.41, 5.74) is 0.240. The molecule has 0 aliphatic heterocycles. The van der Waals surface area contributed by atoms with Crippen molar-refractivity contribution in [3.05, 3.63) is 47.5 Å². The molecule has 2 aromatic carbocycles. The zero-order valence-electron chi connectivity index (χ0n) is 12.4. The van der Waals surface area contributed by atoms with Crippen molar-refractivity contribution in [3.8, 4) is 11.5 Å². The number of para-hydroxylation sites is 2. The average molecular weight is 356 g/mol. The van der Waals surface area contributed by atoms with Gasteiger partial charge in [0.2, 0.25) is 5.91 Å². The van der Waals surface area contributed by atoms with Gasteiger partial charge >= 0.3 is 10.1 Å². The van der Waals surface area contributed by atoms with Gasteiger partial charge in [-0.05, 0) is 30.3 Å². The van der Waals surface area contributed by atoms with Gasteiger partial charge in [0.15, 0.2) is 5.75 Å². The third-order valence-corrected chi connectivity index (χ3v) is 4.28. The van der Waals surface area contributed by atoms with E-state index < -0.39 is 10.1 Å². The van der Waals surface area contributed by atoms with E-state index in [4.69, 9.17) is 20.5 Å². The van der Waals surface area contributed by atoms with Crippen molar-refractivity contribution in [1.82, 2.24) is 0 Å². The van der Waals surface area contributed by atoms with Gasteiger partial charge in [-0.3, -0.25) is 4.79 Å². The van der Waals surface area contributed by atoms with Crippen LogP contribution in [0.15, 0.2) is 47.4 Å². The minimum atomic E-state index is -4.20. The molecular formula is C15H14ClNO5S. The average Bonchev–Trinajstić information content (AvgIpc) is 2.48. The first kappa shape index (κ1) is 17.1. The summed E-state index contributed by atoms with van der Waals surface area (Å²) >= 11 is 5.85. The molecule has 6 nitrogen and oxygen atoms in total. The number of anilines is 1. The summed E-state index contributed by atoms with van der Waals surface area (Å²) in [5.74, 6) is -0.255. The first-order chi connectivity index (χ1) is 10.8. The predicted molar refractivity (Wildman–Crippen MR) is 86.6 cm³/mol. The predicted octanol–water partition coefficient (Wildman–Crippen LogP) is 3.07. The van der Waals surface area contributed by atoms with E-state index in [1.807, 2.05) is 0 Å². The Bertz CT molecular complexity index is 836. The van der Waals surface area contributed by atoms with E-state index in [9.17, 15) is 13.2 Å². The van der Waals surface area contributed by atoms with E-state index >= 15 is 0 Å². The summed E-state index contributed by atoms with van der Waals surface area (Å²) in [6, 6.07) is 10.4. The Kier molecular flexibility index (Phi) is 5.12. The molecule has 8 heteroatoms. The Morgan fingerprint density at radius 2 is 1.83 bits per heavy atom. The standard InChI is InChI=1S/C15H14ClNO5S/c1-10(18)17-12-5-3-4-6-13(12)22-23(19,20)15-9-11(16)7-8-14(15)21-2/h3-9H,1-2H3,(H,17,18). The molecule has 1 amide bonds. The van der Waals surface area contributed by atoms with Crippen LogP contribution in [0.1, 0.15) is 6.92 Å². The summed E-state index contributed by atoms with van der Waals surface area (Å²) in [7, 11) is -2.86. The molecule has 0 aromatic heterocycles. The van der Waals surface area contributed by atoms with Crippen molar-refractivity contribution < 1.29 is 22.1 Å². The Balaban J connectivity index is 2.44. The van der Waals surface area contributed by atoms with Crippen molar-refractivity contribution in [1.29, 1.82) is 0 Å². The summed E-state index contributed by atoms with van der Waals surface area (Å²) in [6.07, 6.45) is 0. The summed E-state index contributed by atoms with van der Waals surface area (Å²) in [6.45, 7) is 1.31. The van der Waals surface area contributed by atoms with E-state index in [1.165, 1.54) is 44.4 Å². The van der Waals surface area contributed by atoms with Crippen molar-refractivity contribution in [2.75, 3.05) is 12.4 Å². The first-order valence-electron chi connectivity index (χ1n) is 6.48. The number of halogens is 1. The van der Waals surface area contributed by atoms with Gasteiger partial charge in [-0.1, -0.05) is 23.7 Å². The van der Waals surface area contributed by atoms with E-state index in [0.29, 0.717) is 0 Å². The van der Waals surface area contributed by atoms with Crippen LogP contribution >= 0.6 is 11.6 Å². The fourth-order valence-electron chi connectivity index (χ4n) is 1.84. The second-order valence-electron chi connectivity index (χ2n) is 4.51. The number of hydrogen-bond donors (Lipinski definition) is 1. The van der Waals surface area contributed by atoms with Crippen LogP contribution in [-0.2, 0) is 14.9 Å². The number of hydrogen-bond acceptors (Lipinski definition) is 5. The number of carbonyl (C=O) groups is 1. The normalized spacial score (nSPS) is 10.9. The maximum absolute atomic E-state index is 12.5. The van der Waals surface area contributed by atoms with Crippen LogP contribution in [0, 0.1) is 0 Å². The number of methoxy groups -OCH3 is 1. The molecular weight excluding hydrogens is 342 g/mol. The van der Waals surface area contributed by atoms with E-state index in [-0.39, 0.29) is 33.0 Å². The molecule has 0 radical (unpaired) electrons. The van der Waals surface area contributed by atoms with E-state index in [2.05, 4.69) is 5.32 Å². The van der Waals surface area contributed by atoms with Crippen LogP contribution in [0.2, 0.25) is 5.02 Å². The van der Waals surface area contributed by atoms with Crippen LogP contribution in [0.4, 0.5) is 5.69 Å². The highest BCUT2D eigenvalue weighted by Crippen LogP contribution is 2.32. The molecule has 122 valence electrons. The molecule has 0 spiro atoms. The van der Waals surface area contributed by atoms with Crippen molar-refractivity contribution in [2.45, 2.75) is 11.8 Å². The summed E-state index contributed by atoms with van der Waals surface area (Å²) in [4.78, 5) is 11.0. The van der Waals surface area contributed by atoms with E-state index in [1.54, 1.807) is 12.1 Å². The fraction of sp³-hybridized carbons (Fsp3) is 0.133. The Hall–Kier alpha value is -2.25. The quantitative estimate of drug-likeness (QED) is 0.833. The van der Waals surface area contributed by atoms with Gasteiger partial charge in [0.25, 0.3) is 0 Å². The zero-order valence-corrected chi connectivity index (χ0v) is 13.9. The largest absolute Gasteiger partial charge is 0.495 e. The number of benzene rings is 2. The van der Waals surface area contributed by atoms with Crippen LogP contribution in [0.3, 0.4) is 0 Å². The third-order valence-electron chi connectivity index (χ3n) is 2.79. The number of amides is 1. The number of rotatable bonds is 5. The minimum Gasteiger partial charge on any atom is -0.495 e. The Labute approximate surface area is 139 Å². The van der Waals surface area contributed by atoms with Crippen LogP contribution in [0.5, 0.6) is 11.5 Å². The second-order valence-corrected chi connectivity index (χ2v) is 6.46. The van der Waals surface area contributed by atoms with Crippen LogP contribution < -0.4 is 14.2 Å². The topological polar surface area (TPSA) is 81.7 Å². The van der Waals surface area contributed by atoms with Gasteiger partial charge in [-0.2, -0.15) is 8.42 Å². The number of ether oxygens (including phenoxy) is 1. The van der Waals surface area contributed by atoms with Gasteiger partial charge < -0.3 is 14.2 Å². The Morgan fingerprint density at radius 3 is 2.48 bits per heavy atom.